The van der Waals surface area contributed by atoms with Crippen molar-refractivity contribution in [2.45, 2.75) is 95.6 Å². The minimum Gasteiger partial charge on any atom is -0.469 e. The normalized spacial score (nSPS) is 13.1. The first kappa shape index (κ1) is 31.8. The molecule has 0 spiro atoms. The van der Waals surface area contributed by atoms with Crippen LogP contribution >= 0.6 is 0 Å². The minimum absolute atomic E-state index is 0.0857. The zero-order chi connectivity index (χ0) is 25.0. The van der Waals surface area contributed by atoms with Gasteiger partial charge in [0, 0.05) is 12.0 Å². The van der Waals surface area contributed by atoms with E-state index in [-0.39, 0.29) is 5.97 Å². The fourth-order valence-electron chi connectivity index (χ4n) is 3.76. The molecule has 2 unspecified atom stereocenters. The van der Waals surface area contributed by atoms with Crippen molar-refractivity contribution in [2.24, 2.45) is 0 Å². The van der Waals surface area contributed by atoms with Gasteiger partial charge in [-0.15, -0.1) is 0 Å². The summed E-state index contributed by atoms with van der Waals surface area (Å²) in [5.74, 6) is 1.23. The summed E-state index contributed by atoms with van der Waals surface area (Å²) in [6.45, 7) is 2.28. The molecule has 0 N–H and O–H groups in total. The molecule has 0 saturated heterocycles. The van der Waals surface area contributed by atoms with Crippen LogP contribution in [0.15, 0.2) is 30.3 Å². The number of carbonyl (C=O) groups excluding carboxylic acids is 1. The van der Waals surface area contributed by atoms with Gasteiger partial charge < -0.3 is 22.0 Å². The molecule has 0 aromatic heterocycles. The molecular weight excluding hydrogens is 451 g/mol. The highest BCUT2D eigenvalue weighted by Crippen LogP contribution is 2.30. The third-order valence-electron chi connectivity index (χ3n) is 5.55. The van der Waals surface area contributed by atoms with Crippen molar-refractivity contribution in [3.63, 3.8) is 0 Å². The molecule has 8 heteroatoms. The van der Waals surface area contributed by atoms with Crippen molar-refractivity contribution in [3.8, 4) is 0 Å². The predicted octanol–water partition coefficient (Wildman–Crippen LogP) is 8.54. The number of halogens is 4. The first-order valence-corrected chi connectivity index (χ1v) is 14.2. The highest BCUT2D eigenvalue weighted by Gasteiger charge is 2.27. The molecule has 0 bridgehead atoms. The van der Waals surface area contributed by atoms with Gasteiger partial charge in [0.2, 0.25) is 0 Å². The van der Waals surface area contributed by atoms with Crippen molar-refractivity contribution >= 4 is 24.1 Å². The number of ether oxygens (including phenoxy) is 1. The largest absolute Gasteiger partial charge is 0.673 e. The number of benzene rings is 1. The smallest absolute Gasteiger partial charge is 0.469 e. The summed E-state index contributed by atoms with van der Waals surface area (Å²) in [6.07, 6.45) is 18.9. The van der Waals surface area contributed by atoms with Crippen LogP contribution in [0.3, 0.4) is 0 Å². The quantitative estimate of drug-likeness (QED) is 0.0713. The maximum Gasteiger partial charge on any atom is 0.673 e. The second-order valence-corrected chi connectivity index (χ2v) is 10.8. The van der Waals surface area contributed by atoms with Gasteiger partial charge >= 0.3 is 13.2 Å². The van der Waals surface area contributed by atoms with E-state index in [1.54, 1.807) is 0 Å². The van der Waals surface area contributed by atoms with Crippen LogP contribution in [0.4, 0.5) is 17.3 Å². The second-order valence-electron chi connectivity index (χ2n) is 8.44. The zero-order valence-corrected chi connectivity index (χ0v) is 21.5. The van der Waals surface area contributed by atoms with Gasteiger partial charge in [-0.1, -0.05) is 88.6 Å². The van der Waals surface area contributed by atoms with Crippen LogP contribution in [0.5, 0.6) is 0 Å². The van der Waals surface area contributed by atoms with E-state index in [1.807, 2.05) is 0 Å². The average Bonchev–Trinajstić information content (AvgIpc) is 2.77. The number of rotatable bonds is 17. The lowest BCUT2D eigenvalue weighted by Gasteiger charge is -2.17. The van der Waals surface area contributed by atoms with E-state index in [9.17, 15) is 22.1 Å². The van der Waals surface area contributed by atoms with Crippen LogP contribution in [0.1, 0.15) is 101 Å². The Kier molecular flexibility index (Phi) is 19.5. The van der Waals surface area contributed by atoms with E-state index in [0.29, 0.717) is 22.6 Å². The Morgan fingerprint density at radius 1 is 0.879 bits per heavy atom. The monoisotopic (exact) mass is 494 g/mol. The van der Waals surface area contributed by atoms with Crippen LogP contribution < -0.4 is 0 Å². The van der Waals surface area contributed by atoms with Gasteiger partial charge in [0.25, 0.3) is 0 Å². The van der Waals surface area contributed by atoms with Crippen molar-refractivity contribution in [1.29, 1.82) is 0 Å². The summed E-state index contributed by atoms with van der Waals surface area (Å²) in [6, 6.07) is 10.9. The van der Waals surface area contributed by atoms with E-state index in [1.165, 1.54) is 82.6 Å². The van der Waals surface area contributed by atoms with Crippen molar-refractivity contribution in [3.05, 3.63) is 35.9 Å². The molecule has 0 aliphatic rings. The summed E-state index contributed by atoms with van der Waals surface area (Å²) < 4.78 is 43.8. The molecule has 0 saturated carbocycles. The molecule has 1 rings (SSSR count). The molecule has 192 valence electrons. The Morgan fingerprint density at radius 2 is 1.36 bits per heavy atom. The summed E-state index contributed by atoms with van der Waals surface area (Å²) in [5.41, 5.74) is 1.44. The molecule has 1 aromatic rings. The van der Waals surface area contributed by atoms with E-state index in [0.717, 1.165) is 12.8 Å². The molecular formula is C25H43BF4O2S. The predicted molar refractivity (Wildman–Crippen MR) is 135 cm³/mol. The van der Waals surface area contributed by atoms with Gasteiger partial charge in [-0.3, -0.25) is 4.79 Å². The van der Waals surface area contributed by atoms with E-state index >= 15 is 0 Å². The fraction of sp³-hybridized carbons (Fsp3) is 0.720. The Morgan fingerprint density at radius 3 is 1.85 bits per heavy atom. The molecule has 0 heterocycles. The number of unbranched alkanes of at least 4 members (excludes halogenated alkanes) is 9. The topological polar surface area (TPSA) is 26.3 Å². The summed E-state index contributed by atoms with van der Waals surface area (Å²) in [5, 5.41) is 0.574. The fourth-order valence-corrected chi connectivity index (χ4v) is 5.90. The Balaban J connectivity index is 0.00000184. The Bertz CT molecular complexity index is 582. The average molecular weight is 494 g/mol. The van der Waals surface area contributed by atoms with Crippen LogP contribution in [0.25, 0.3) is 0 Å². The first-order valence-electron chi connectivity index (χ1n) is 12.3. The van der Waals surface area contributed by atoms with Crippen molar-refractivity contribution in [1.82, 2.24) is 0 Å². The van der Waals surface area contributed by atoms with Gasteiger partial charge in [-0.2, -0.15) is 0 Å². The number of hydrogen-bond acceptors (Lipinski definition) is 2. The highest BCUT2D eigenvalue weighted by atomic mass is 32.2. The second kappa shape index (κ2) is 20.2. The van der Waals surface area contributed by atoms with Gasteiger partial charge in [-0.25, -0.2) is 0 Å². The summed E-state index contributed by atoms with van der Waals surface area (Å²) in [4.78, 5) is 11.5. The molecule has 0 aliphatic heterocycles. The minimum atomic E-state index is -6.00. The van der Waals surface area contributed by atoms with Crippen LogP contribution in [-0.2, 0) is 20.4 Å². The van der Waals surface area contributed by atoms with Gasteiger partial charge in [-0.05, 0) is 36.6 Å². The highest BCUT2D eigenvalue weighted by molar-refractivity contribution is 7.96. The van der Waals surface area contributed by atoms with E-state index in [2.05, 4.69) is 43.5 Å². The SMILES string of the molecule is CCCCCCCCCCCC[S+](C)C(CCCC(=O)OC)c1ccccc1.F[B-](F)(F)F. The molecule has 0 aliphatic carbocycles. The van der Waals surface area contributed by atoms with Gasteiger partial charge in [0.1, 0.15) is 11.0 Å². The third-order valence-corrected chi connectivity index (χ3v) is 7.96. The molecule has 0 fully saturated rings. The van der Waals surface area contributed by atoms with Gasteiger partial charge in [0.05, 0.1) is 13.4 Å². The first-order chi connectivity index (χ1) is 15.7. The number of esters is 1. The van der Waals surface area contributed by atoms with Crippen molar-refractivity contribution < 1.29 is 26.8 Å². The summed E-state index contributed by atoms with van der Waals surface area (Å²) >= 11 is 0. The van der Waals surface area contributed by atoms with Crippen molar-refractivity contribution in [2.75, 3.05) is 19.1 Å². The van der Waals surface area contributed by atoms with Crippen LogP contribution in [0, 0.1) is 0 Å². The maximum atomic E-state index is 11.5. The molecule has 2 atom stereocenters. The maximum absolute atomic E-state index is 11.5. The van der Waals surface area contributed by atoms with E-state index < -0.39 is 7.25 Å². The molecule has 33 heavy (non-hydrogen) atoms. The lowest BCUT2D eigenvalue weighted by atomic mass is 10.1. The summed E-state index contributed by atoms with van der Waals surface area (Å²) in [7, 11) is -4.16. The van der Waals surface area contributed by atoms with Crippen LogP contribution in [0.2, 0.25) is 0 Å². The number of carbonyl (C=O) groups is 1. The molecule has 2 nitrogen and oxygen atoms in total. The lowest BCUT2D eigenvalue weighted by Crippen LogP contribution is -2.17. The molecule has 0 amide bonds. The lowest BCUT2D eigenvalue weighted by molar-refractivity contribution is -0.140. The third kappa shape index (κ3) is 21.1. The van der Waals surface area contributed by atoms with E-state index in [4.69, 9.17) is 4.74 Å². The number of methoxy groups -OCH3 is 1. The zero-order valence-electron chi connectivity index (χ0n) is 20.7. The van der Waals surface area contributed by atoms with Gasteiger partial charge in [0.15, 0.2) is 0 Å². The molecule has 0 radical (unpaired) electrons. The standard InChI is InChI=1S/C25H43O2S.BF4/c1-4-5-6-7-8-9-10-11-12-16-22-28(3)24(20-17-21-25(26)27-2)23-18-14-13-15-19-23;2-1(3,4)5/h13-15,18-19,24H,4-12,16-17,20-22H2,1-3H3;/q+1;-1. The Hall–Kier alpha value is -1.18. The Labute approximate surface area is 201 Å². The van der Waals surface area contributed by atoms with Crippen LogP contribution in [-0.4, -0.2) is 32.3 Å². The number of hydrogen-bond donors (Lipinski definition) is 0. The molecule has 1 aromatic carbocycles.